The van der Waals surface area contributed by atoms with Crippen LogP contribution in [0.3, 0.4) is 0 Å². The molecule has 3 nitrogen and oxygen atoms in total. The Morgan fingerprint density at radius 1 is 1.30 bits per heavy atom. The minimum atomic E-state index is -0.150. The largest absolute Gasteiger partial charge is 0.469 e. The van der Waals surface area contributed by atoms with Gasteiger partial charge in [-0.15, -0.1) is 0 Å². The van der Waals surface area contributed by atoms with E-state index in [4.69, 9.17) is 4.74 Å². The molecule has 0 spiro atoms. The predicted molar refractivity (Wildman–Crippen MR) is 83.0 cm³/mol. The molecule has 0 saturated heterocycles. The average molecular weight is 277 g/mol. The van der Waals surface area contributed by atoms with Crippen LogP contribution in [0.25, 0.3) is 0 Å². The molecule has 1 aromatic carbocycles. The summed E-state index contributed by atoms with van der Waals surface area (Å²) in [5.74, 6) is -0.150. The molecular formula is C17H27NO2. The Morgan fingerprint density at radius 2 is 2.05 bits per heavy atom. The molecule has 20 heavy (non-hydrogen) atoms. The number of nitrogens with one attached hydrogen (secondary N) is 1. The van der Waals surface area contributed by atoms with Crippen LogP contribution in [0.4, 0.5) is 0 Å². The van der Waals surface area contributed by atoms with Crippen LogP contribution in [-0.2, 0) is 16.0 Å². The molecule has 0 bridgehead atoms. The van der Waals surface area contributed by atoms with Crippen LogP contribution in [0.1, 0.15) is 42.9 Å². The molecule has 0 aliphatic carbocycles. The lowest BCUT2D eigenvalue weighted by Crippen LogP contribution is -2.34. The van der Waals surface area contributed by atoms with Gasteiger partial charge in [0.25, 0.3) is 0 Å². The molecule has 0 amide bonds. The molecule has 0 aliphatic rings. The summed E-state index contributed by atoms with van der Waals surface area (Å²) in [4.78, 5) is 11.5. The third-order valence-corrected chi connectivity index (χ3v) is 3.66. The van der Waals surface area contributed by atoms with Crippen molar-refractivity contribution in [2.24, 2.45) is 0 Å². The van der Waals surface area contributed by atoms with Crippen LogP contribution in [-0.4, -0.2) is 25.7 Å². The van der Waals surface area contributed by atoms with E-state index in [1.54, 1.807) is 0 Å². The van der Waals surface area contributed by atoms with E-state index >= 15 is 0 Å². The minimum Gasteiger partial charge on any atom is -0.469 e. The normalized spacial score (nSPS) is 12.2. The van der Waals surface area contributed by atoms with Gasteiger partial charge in [0, 0.05) is 6.04 Å². The Morgan fingerprint density at radius 3 is 2.65 bits per heavy atom. The first-order valence-corrected chi connectivity index (χ1v) is 7.43. The Bertz CT molecular complexity index is 429. The maximum atomic E-state index is 11.5. The third-order valence-electron chi connectivity index (χ3n) is 3.66. The zero-order chi connectivity index (χ0) is 15.0. The monoisotopic (exact) mass is 277 g/mol. The number of esters is 1. The second-order valence-electron chi connectivity index (χ2n) is 5.41. The van der Waals surface area contributed by atoms with Gasteiger partial charge in [0.05, 0.1) is 13.5 Å². The molecule has 3 heteroatoms. The number of ether oxygens (including phenoxy) is 1. The van der Waals surface area contributed by atoms with Gasteiger partial charge in [-0.25, -0.2) is 0 Å². The van der Waals surface area contributed by atoms with E-state index in [-0.39, 0.29) is 12.0 Å². The van der Waals surface area contributed by atoms with Crippen molar-refractivity contribution < 1.29 is 9.53 Å². The Kier molecular flexibility index (Phi) is 7.31. The summed E-state index contributed by atoms with van der Waals surface area (Å²) in [5, 5.41) is 3.47. The lowest BCUT2D eigenvalue weighted by atomic mass is 9.99. The number of benzene rings is 1. The SMILES string of the molecule is CCCCNC(CC(=O)OC)Cc1ccc(C)c(C)c1. The average Bonchev–Trinajstić information content (AvgIpc) is 2.43. The molecule has 0 aliphatic heterocycles. The summed E-state index contributed by atoms with van der Waals surface area (Å²) in [5.41, 5.74) is 3.87. The number of rotatable bonds is 8. The van der Waals surface area contributed by atoms with Crippen molar-refractivity contribution in [1.29, 1.82) is 0 Å². The highest BCUT2D eigenvalue weighted by Gasteiger charge is 2.14. The predicted octanol–water partition coefficient (Wildman–Crippen LogP) is 3.17. The summed E-state index contributed by atoms with van der Waals surface area (Å²) in [7, 11) is 1.45. The van der Waals surface area contributed by atoms with Gasteiger partial charge in [-0.1, -0.05) is 31.5 Å². The molecule has 1 aromatic rings. The first kappa shape index (κ1) is 16.7. The molecule has 0 saturated carbocycles. The molecular weight excluding hydrogens is 250 g/mol. The molecule has 0 aromatic heterocycles. The van der Waals surface area contributed by atoms with Crippen LogP contribution in [0.5, 0.6) is 0 Å². The van der Waals surface area contributed by atoms with E-state index in [2.05, 4.69) is 44.3 Å². The van der Waals surface area contributed by atoms with Crippen LogP contribution >= 0.6 is 0 Å². The second-order valence-corrected chi connectivity index (χ2v) is 5.41. The van der Waals surface area contributed by atoms with Gasteiger partial charge in [-0.05, 0) is 49.9 Å². The second kappa shape index (κ2) is 8.75. The fourth-order valence-electron chi connectivity index (χ4n) is 2.20. The number of unbranched alkanes of at least 4 members (excludes halogenated alkanes) is 1. The number of carbonyl (C=O) groups is 1. The van der Waals surface area contributed by atoms with Crippen LogP contribution in [0.15, 0.2) is 18.2 Å². The molecule has 1 N–H and O–H groups in total. The highest BCUT2D eigenvalue weighted by molar-refractivity contribution is 5.70. The molecule has 0 fully saturated rings. The van der Waals surface area contributed by atoms with Crippen molar-refractivity contribution in [3.63, 3.8) is 0 Å². The Labute approximate surface area is 122 Å². The molecule has 0 radical (unpaired) electrons. The standard InChI is InChI=1S/C17H27NO2/c1-5-6-9-18-16(12-17(19)20-4)11-15-8-7-13(2)14(3)10-15/h7-8,10,16,18H,5-6,9,11-12H2,1-4H3. The van der Waals surface area contributed by atoms with Crippen molar-refractivity contribution in [1.82, 2.24) is 5.32 Å². The van der Waals surface area contributed by atoms with Crippen molar-refractivity contribution in [2.45, 2.75) is 52.5 Å². The number of hydrogen-bond donors (Lipinski definition) is 1. The first-order chi connectivity index (χ1) is 9.56. The van der Waals surface area contributed by atoms with Crippen molar-refractivity contribution in [3.8, 4) is 0 Å². The zero-order valence-electron chi connectivity index (χ0n) is 13.2. The number of aryl methyl sites for hydroxylation is 2. The van der Waals surface area contributed by atoms with Crippen LogP contribution in [0, 0.1) is 13.8 Å². The molecule has 1 rings (SSSR count). The van der Waals surface area contributed by atoms with E-state index < -0.39 is 0 Å². The maximum Gasteiger partial charge on any atom is 0.307 e. The number of methoxy groups -OCH3 is 1. The minimum absolute atomic E-state index is 0.149. The van der Waals surface area contributed by atoms with Crippen molar-refractivity contribution in [2.75, 3.05) is 13.7 Å². The Balaban J connectivity index is 2.66. The van der Waals surface area contributed by atoms with E-state index in [0.29, 0.717) is 6.42 Å². The van der Waals surface area contributed by atoms with Gasteiger partial charge < -0.3 is 10.1 Å². The highest BCUT2D eigenvalue weighted by atomic mass is 16.5. The molecule has 0 heterocycles. The Hall–Kier alpha value is -1.35. The topological polar surface area (TPSA) is 38.3 Å². The summed E-state index contributed by atoms with van der Waals surface area (Å²) >= 11 is 0. The first-order valence-electron chi connectivity index (χ1n) is 7.43. The van der Waals surface area contributed by atoms with E-state index in [9.17, 15) is 4.79 Å². The van der Waals surface area contributed by atoms with Crippen LogP contribution < -0.4 is 5.32 Å². The summed E-state index contributed by atoms with van der Waals surface area (Å²) < 4.78 is 4.79. The smallest absolute Gasteiger partial charge is 0.307 e. The molecule has 112 valence electrons. The van der Waals surface area contributed by atoms with Gasteiger partial charge in [0.1, 0.15) is 0 Å². The molecule has 1 unspecified atom stereocenters. The number of carbonyl (C=O) groups excluding carboxylic acids is 1. The van der Waals surface area contributed by atoms with Gasteiger partial charge >= 0.3 is 5.97 Å². The summed E-state index contributed by atoms with van der Waals surface area (Å²) in [6.45, 7) is 7.35. The highest BCUT2D eigenvalue weighted by Crippen LogP contribution is 2.13. The fraction of sp³-hybridized carbons (Fsp3) is 0.588. The van der Waals surface area contributed by atoms with Gasteiger partial charge in [0.2, 0.25) is 0 Å². The summed E-state index contributed by atoms with van der Waals surface area (Å²) in [6, 6.07) is 6.65. The summed E-state index contributed by atoms with van der Waals surface area (Å²) in [6.07, 6.45) is 3.57. The lowest BCUT2D eigenvalue weighted by Gasteiger charge is -2.18. The zero-order valence-corrected chi connectivity index (χ0v) is 13.2. The quantitative estimate of drug-likeness (QED) is 0.586. The van der Waals surface area contributed by atoms with Crippen molar-refractivity contribution >= 4 is 5.97 Å². The van der Waals surface area contributed by atoms with Crippen molar-refractivity contribution in [3.05, 3.63) is 34.9 Å². The van der Waals surface area contributed by atoms with E-state index in [1.807, 2.05) is 0 Å². The van der Waals surface area contributed by atoms with Crippen LogP contribution in [0.2, 0.25) is 0 Å². The third kappa shape index (κ3) is 5.74. The number of hydrogen-bond acceptors (Lipinski definition) is 3. The lowest BCUT2D eigenvalue weighted by molar-refractivity contribution is -0.141. The van der Waals surface area contributed by atoms with Gasteiger partial charge in [-0.2, -0.15) is 0 Å². The van der Waals surface area contributed by atoms with Gasteiger partial charge in [0.15, 0.2) is 0 Å². The fourth-order valence-corrected chi connectivity index (χ4v) is 2.20. The maximum absolute atomic E-state index is 11.5. The van der Waals surface area contributed by atoms with E-state index in [0.717, 1.165) is 25.8 Å². The van der Waals surface area contributed by atoms with E-state index in [1.165, 1.54) is 23.8 Å². The van der Waals surface area contributed by atoms with Gasteiger partial charge in [-0.3, -0.25) is 4.79 Å². The molecule has 1 atom stereocenters.